The Morgan fingerprint density at radius 2 is 1.86 bits per heavy atom. The third-order valence-electron chi connectivity index (χ3n) is 3.06. The van der Waals surface area contributed by atoms with E-state index in [1.165, 1.54) is 0 Å². The molecule has 112 valence electrons. The molecule has 0 saturated carbocycles. The van der Waals surface area contributed by atoms with E-state index in [-0.39, 0.29) is 4.90 Å². The van der Waals surface area contributed by atoms with E-state index in [2.05, 4.69) is 9.93 Å². The van der Waals surface area contributed by atoms with Gasteiger partial charge in [-0.05, 0) is 57.0 Å². The van der Waals surface area contributed by atoms with Gasteiger partial charge in [-0.25, -0.2) is 0 Å². The van der Waals surface area contributed by atoms with Gasteiger partial charge < -0.3 is 0 Å². The van der Waals surface area contributed by atoms with E-state index in [1.54, 1.807) is 37.3 Å². The molecule has 0 bridgehead atoms. The van der Waals surface area contributed by atoms with Crippen LogP contribution in [0.4, 0.5) is 0 Å². The molecule has 0 aliphatic heterocycles. The highest BCUT2D eigenvalue weighted by molar-refractivity contribution is 7.89. The third kappa shape index (κ3) is 3.71. The molecule has 0 unspecified atom stereocenters. The number of rotatable bonds is 4. The SMILES string of the molecule is C/C(=N/NS(=O)(=O)c1cc(C)ccc1C)c1ccc(C)s1. The van der Waals surface area contributed by atoms with Crippen molar-refractivity contribution in [3.8, 4) is 0 Å². The summed E-state index contributed by atoms with van der Waals surface area (Å²) < 4.78 is 24.7. The molecule has 1 aromatic carbocycles. The molecular weight excluding hydrogens is 304 g/mol. The monoisotopic (exact) mass is 322 g/mol. The molecule has 0 fully saturated rings. The van der Waals surface area contributed by atoms with Crippen molar-refractivity contribution in [2.24, 2.45) is 5.10 Å². The van der Waals surface area contributed by atoms with Crippen molar-refractivity contribution in [1.29, 1.82) is 0 Å². The van der Waals surface area contributed by atoms with E-state index in [1.807, 2.05) is 32.0 Å². The maximum atomic E-state index is 12.3. The summed E-state index contributed by atoms with van der Waals surface area (Å²) in [6.07, 6.45) is 0. The quantitative estimate of drug-likeness (QED) is 0.693. The van der Waals surface area contributed by atoms with Gasteiger partial charge >= 0.3 is 0 Å². The highest BCUT2D eigenvalue weighted by Gasteiger charge is 2.16. The molecule has 0 aliphatic rings. The van der Waals surface area contributed by atoms with Crippen LogP contribution in [0.3, 0.4) is 0 Å². The van der Waals surface area contributed by atoms with Gasteiger partial charge in [-0.15, -0.1) is 11.3 Å². The largest absolute Gasteiger partial charge is 0.276 e. The Morgan fingerprint density at radius 3 is 2.48 bits per heavy atom. The molecule has 1 heterocycles. The minimum atomic E-state index is -3.64. The first-order chi connectivity index (χ1) is 9.79. The molecule has 0 aliphatic carbocycles. The van der Waals surface area contributed by atoms with E-state index < -0.39 is 10.0 Å². The van der Waals surface area contributed by atoms with E-state index in [0.29, 0.717) is 11.3 Å². The first kappa shape index (κ1) is 15.7. The normalized spacial score (nSPS) is 12.5. The summed E-state index contributed by atoms with van der Waals surface area (Å²) in [5, 5.41) is 4.02. The number of nitrogens with one attached hydrogen (secondary N) is 1. The molecular formula is C15H18N2O2S2. The molecule has 21 heavy (non-hydrogen) atoms. The first-order valence-corrected chi connectivity index (χ1v) is 8.80. The number of nitrogens with zero attached hydrogens (tertiary/aromatic N) is 1. The number of hydrogen-bond acceptors (Lipinski definition) is 4. The Morgan fingerprint density at radius 1 is 1.14 bits per heavy atom. The van der Waals surface area contributed by atoms with Gasteiger partial charge in [-0.1, -0.05) is 12.1 Å². The van der Waals surface area contributed by atoms with Gasteiger partial charge in [0, 0.05) is 4.88 Å². The minimum Gasteiger partial charge on any atom is -0.200 e. The van der Waals surface area contributed by atoms with Gasteiger partial charge in [-0.3, -0.25) is 0 Å². The standard InChI is InChI=1S/C15H18N2O2S2/c1-10-5-6-11(2)15(9-10)21(18,19)17-16-13(4)14-8-7-12(3)20-14/h5-9,17H,1-4H3/b16-13-. The van der Waals surface area contributed by atoms with Crippen LogP contribution in [0.2, 0.25) is 0 Å². The van der Waals surface area contributed by atoms with Crippen molar-refractivity contribution in [2.45, 2.75) is 32.6 Å². The predicted octanol–water partition coefficient (Wildman–Crippen LogP) is 3.38. The van der Waals surface area contributed by atoms with Crippen LogP contribution in [0.15, 0.2) is 40.3 Å². The van der Waals surface area contributed by atoms with E-state index in [0.717, 1.165) is 15.3 Å². The highest BCUT2D eigenvalue weighted by Crippen LogP contribution is 2.18. The second kappa shape index (κ2) is 5.99. The lowest BCUT2D eigenvalue weighted by Crippen LogP contribution is -2.20. The Balaban J connectivity index is 2.27. The van der Waals surface area contributed by atoms with Crippen molar-refractivity contribution in [1.82, 2.24) is 4.83 Å². The molecule has 0 amide bonds. The molecule has 6 heteroatoms. The van der Waals surface area contributed by atoms with Crippen LogP contribution in [0.5, 0.6) is 0 Å². The zero-order valence-corrected chi connectivity index (χ0v) is 14.1. The van der Waals surface area contributed by atoms with Gasteiger partial charge in [-0.2, -0.15) is 18.4 Å². The number of benzene rings is 1. The molecule has 2 aromatic rings. The van der Waals surface area contributed by atoms with E-state index >= 15 is 0 Å². The third-order valence-corrected chi connectivity index (χ3v) is 5.52. The average molecular weight is 322 g/mol. The molecule has 1 N–H and O–H groups in total. The summed E-state index contributed by atoms with van der Waals surface area (Å²) in [6.45, 7) is 7.42. The van der Waals surface area contributed by atoms with Crippen LogP contribution in [0.1, 0.15) is 27.8 Å². The lowest BCUT2D eigenvalue weighted by atomic mass is 10.2. The Hall–Kier alpha value is -1.66. The van der Waals surface area contributed by atoms with Gasteiger partial charge in [0.15, 0.2) is 0 Å². The van der Waals surface area contributed by atoms with Crippen LogP contribution in [0, 0.1) is 20.8 Å². The van der Waals surface area contributed by atoms with Gasteiger partial charge in [0.05, 0.1) is 15.5 Å². The molecule has 0 atom stereocenters. The van der Waals surface area contributed by atoms with E-state index in [9.17, 15) is 8.42 Å². The van der Waals surface area contributed by atoms with Crippen LogP contribution in [-0.2, 0) is 10.0 Å². The average Bonchev–Trinajstić information content (AvgIpc) is 2.85. The molecule has 0 radical (unpaired) electrons. The summed E-state index contributed by atoms with van der Waals surface area (Å²) in [5.74, 6) is 0. The lowest BCUT2D eigenvalue weighted by Gasteiger charge is -2.08. The van der Waals surface area contributed by atoms with Crippen molar-refractivity contribution < 1.29 is 8.42 Å². The fourth-order valence-corrected chi connectivity index (χ4v) is 3.86. The van der Waals surface area contributed by atoms with Crippen LogP contribution in [-0.4, -0.2) is 14.1 Å². The van der Waals surface area contributed by atoms with Crippen LogP contribution in [0.25, 0.3) is 0 Å². The molecule has 1 aromatic heterocycles. The number of aryl methyl sites for hydroxylation is 3. The maximum Gasteiger partial charge on any atom is 0.276 e. The maximum absolute atomic E-state index is 12.3. The van der Waals surface area contributed by atoms with Gasteiger partial charge in [0.1, 0.15) is 0 Å². The number of sulfonamides is 1. The van der Waals surface area contributed by atoms with Gasteiger partial charge in [0.2, 0.25) is 0 Å². The molecule has 2 rings (SSSR count). The molecule has 0 spiro atoms. The summed E-state index contributed by atoms with van der Waals surface area (Å²) in [5.41, 5.74) is 2.26. The zero-order valence-electron chi connectivity index (χ0n) is 12.5. The van der Waals surface area contributed by atoms with Gasteiger partial charge in [0.25, 0.3) is 10.0 Å². The fourth-order valence-electron chi connectivity index (χ4n) is 1.86. The van der Waals surface area contributed by atoms with Crippen molar-refractivity contribution >= 4 is 27.1 Å². The number of hydrogen-bond donors (Lipinski definition) is 1. The summed E-state index contributed by atoms with van der Waals surface area (Å²) >= 11 is 1.58. The predicted molar refractivity (Wildman–Crippen MR) is 87.5 cm³/mol. The second-order valence-electron chi connectivity index (χ2n) is 4.97. The first-order valence-electron chi connectivity index (χ1n) is 6.50. The molecule has 4 nitrogen and oxygen atoms in total. The van der Waals surface area contributed by atoms with Crippen molar-refractivity contribution in [3.63, 3.8) is 0 Å². The smallest absolute Gasteiger partial charge is 0.200 e. The second-order valence-corrected chi connectivity index (χ2v) is 7.89. The highest BCUT2D eigenvalue weighted by atomic mass is 32.2. The number of hydrazone groups is 1. The Kier molecular flexibility index (Phi) is 4.49. The van der Waals surface area contributed by atoms with Crippen LogP contribution < -0.4 is 4.83 Å². The summed E-state index contributed by atoms with van der Waals surface area (Å²) in [4.78, 5) is 4.70. The van der Waals surface area contributed by atoms with E-state index in [4.69, 9.17) is 0 Å². The summed E-state index contributed by atoms with van der Waals surface area (Å²) in [6, 6.07) is 9.25. The molecule has 0 saturated heterocycles. The zero-order chi connectivity index (χ0) is 15.6. The Bertz CT molecular complexity index is 790. The minimum absolute atomic E-state index is 0.265. The topological polar surface area (TPSA) is 58.5 Å². The lowest BCUT2D eigenvalue weighted by molar-refractivity contribution is 0.583. The fraction of sp³-hybridized carbons (Fsp3) is 0.267. The Labute approximate surface area is 129 Å². The number of thiophene rings is 1. The summed E-state index contributed by atoms with van der Waals surface area (Å²) in [7, 11) is -3.64. The van der Waals surface area contributed by atoms with Crippen LogP contribution >= 0.6 is 11.3 Å². The van der Waals surface area contributed by atoms with Crippen molar-refractivity contribution in [3.05, 3.63) is 51.2 Å². The van der Waals surface area contributed by atoms with Crippen molar-refractivity contribution in [2.75, 3.05) is 0 Å².